The number of sulfonamides is 1. The minimum atomic E-state index is -3.27. The number of hydrogen-bond acceptors (Lipinski definition) is 3. The summed E-state index contributed by atoms with van der Waals surface area (Å²) in [6, 6.07) is 0.283. The topological polar surface area (TPSA) is 66.5 Å². The van der Waals surface area contributed by atoms with Gasteiger partial charge in [0.1, 0.15) is 0 Å². The fourth-order valence-electron chi connectivity index (χ4n) is 3.62. The highest BCUT2D eigenvalue weighted by Crippen LogP contribution is 2.21. The molecule has 1 amide bonds. The monoisotopic (exact) mass is 356 g/mol. The zero-order valence-corrected chi connectivity index (χ0v) is 15.7. The van der Waals surface area contributed by atoms with Gasteiger partial charge in [-0.3, -0.25) is 4.79 Å². The van der Waals surface area contributed by atoms with E-state index in [1.165, 1.54) is 48.2 Å². The molecular weight excluding hydrogens is 324 g/mol. The van der Waals surface area contributed by atoms with Crippen LogP contribution >= 0.6 is 0 Å². The average molecular weight is 357 g/mol. The van der Waals surface area contributed by atoms with Crippen molar-refractivity contribution in [2.75, 3.05) is 19.3 Å². The van der Waals surface area contributed by atoms with Gasteiger partial charge in [-0.15, -0.1) is 0 Å². The number of carbonyl (C=O) groups excluding carboxylic acids is 1. The fraction of sp³-hybridized carbons (Fsp3) is 0.833. The molecule has 2 aliphatic carbocycles. The normalized spacial score (nSPS) is 20.0. The summed E-state index contributed by atoms with van der Waals surface area (Å²) in [4.78, 5) is 12.1. The van der Waals surface area contributed by atoms with Crippen molar-refractivity contribution in [3.63, 3.8) is 0 Å². The Bertz CT molecular complexity index is 536. The summed E-state index contributed by atoms with van der Waals surface area (Å²) in [6.07, 6.45) is 14.9. The molecular formula is C18H32N2O3S. The van der Waals surface area contributed by atoms with Crippen molar-refractivity contribution < 1.29 is 13.2 Å². The van der Waals surface area contributed by atoms with E-state index in [2.05, 4.69) is 11.4 Å². The lowest BCUT2D eigenvalue weighted by atomic mass is 9.95. The lowest BCUT2D eigenvalue weighted by molar-refractivity contribution is -0.122. The number of carbonyl (C=O) groups is 1. The number of nitrogens with zero attached hydrogens (tertiary/aromatic N) is 1. The standard InChI is InChI=1S/C18H32N2O3S/c1-24(22,23)20(14-12-16-8-4-2-5-9-16)15-13-18(21)19-17-10-6-3-7-11-17/h8,17H,2-7,9-15H2,1H3,(H,19,21). The molecule has 1 N–H and O–H groups in total. The minimum absolute atomic E-state index is 0.0209. The Labute approximate surface area is 146 Å². The molecule has 0 radical (unpaired) electrons. The van der Waals surface area contributed by atoms with Crippen molar-refractivity contribution in [1.82, 2.24) is 9.62 Å². The first-order valence-electron chi connectivity index (χ1n) is 9.37. The van der Waals surface area contributed by atoms with Gasteiger partial charge < -0.3 is 5.32 Å². The largest absolute Gasteiger partial charge is 0.353 e. The number of amides is 1. The first kappa shape index (κ1) is 19.4. The van der Waals surface area contributed by atoms with Crippen LogP contribution in [0, 0.1) is 0 Å². The third-order valence-corrected chi connectivity index (χ3v) is 6.40. The molecule has 2 aliphatic rings. The molecule has 0 aromatic heterocycles. The molecule has 24 heavy (non-hydrogen) atoms. The number of hydrogen-bond donors (Lipinski definition) is 1. The summed E-state index contributed by atoms with van der Waals surface area (Å²) in [5.74, 6) is -0.0209. The quantitative estimate of drug-likeness (QED) is 0.680. The van der Waals surface area contributed by atoms with Crippen molar-refractivity contribution in [2.45, 2.75) is 76.7 Å². The van der Waals surface area contributed by atoms with Crippen LogP contribution < -0.4 is 5.32 Å². The summed E-state index contributed by atoms with van der Waals surface area (Å²) in [6.45, 7) is 0.770. The Hall–Kier alpha value is -0.880. The van der Waals surface area contributed by atoms with Gasteiger partial charge in [-0.05, 0) is 44.9 Å². The molecule has 0 heterocycles. The Morgan fingerprint density at radius 1 is 1.17 bits per heavy atom. The van der Waals surface area contributed by atoms with Gasteiger partial charge in [0.05, 0.1) is 6.26 Å². The summed E-state index contributed by atoms with van der Waals surface area (Å²) in [5, 5.41) is 3.06. The Kier molecular flexibility index (Phi) is 7.75. The molecule has 5 nitrogen and oxygen atoms in total. The Morgan fingerprint density at radius 2 is 1.92 bits per heavy atom. The molecule has 0 atom stereocenters. The second-order valence-corrected chi connectivity index (χ2v) is 9.16. The Morgan fingerprint density at radius 3 is 2.54 bits per heavy atom. The zero-order chi connectivity index (χ0) is 17.4. The van der Waals surface area contributed by atoms with Crippen LogP contribution in [0.2, 0.25) is 0 Å². The molecule has 2 rings (SSSR count). The van der Waals surface area contributed by atoms with Crippen LogP contribution in [0.25, 0.3) is 0 Å². The molecule has 6 heteroatoms. The van der Waals surface area contributed by atoms with Crippen LogP contribution in [0.1, 0.15) is 70.6 Å². The molecule has 1 fully saturated rings. The molecule has 0 bridgehead atoms. The average Bonchev–Trinajstić information content (AvgIpc) is 2.55. The minimum Gasteiger partial charge on any atom is -0.353 e. The second-order valence-electron chi connectivity index (χ2n) is 7.17. The van der Waals surface area contributed by atoms with E-state index in [-0.39, 0.29) is 24.9 Å². The van der Waals surface area contributed by atoms with Gasteiger partial charge in [-0.25, -0.2) is 12.7 Å². The highest BCUT2D eigenvalue weighted by molar-refractivity contribution is 7.88. The van der Waals surface area contributed by atoms with Gasteiger partial charge in [0.2, 0.25) is 15.9 Å². The lowest BCUT2D eigenvalue weighted by Gasteiger charge is -2.24. The van der Waals surface area contributed by atoms with Crippen molar-refractivity contribution in [2.24, 2.45) is 0 Å². The van der Waals surface area contributed by atoms with E-state index in [1.54, 1.807) is 0 Å². The third kappa shape index (κ3) is 6.93. The van der Waals surface area contributed by atoms with Crippen LogP contribution in [0.3, 0.4) is 0 Å². The molecule has 0 unspecified atom stereocenters. The van der Waals surface area contributed by atoms with E-state index in [4.69, 9.17) is 0 Å². The van der Waals surface area contributed by atoms with Crippen LogP contribution in [-0.4, -0.2) is 44.0 Å². The van der Waals surface area contributed by atoms with Gasteiger partial charge in [0.15, 0.2) is 0 Å². The van der Waals surface area contributed by atoms with Crippen LogP contribution in [0.5, 0.6) is 0 Å². The molecule has 0 spiro atoms. The SMILES string of the molecule is CS(=O)(=O)N(CCC(=O)NC1CCCCC1)CCC1=CCCCC1. The second kappa shape index (κ2) is 9.56. The highest BCUT2D eigenvalue weighted by atomic mass is 32.2. The first-order valence-corrected chi connectivity index (χ1v) is 11.2. The molecule has 1 saturated carbocycles. The number of rotatable bonds is 8. The fourth-order valence-corrected chi connectivity index (χ4v) is 4.46. The Balaban J connectivity index is 1.77. The van der Waals surface area contributed by atoms with Crippen molar-refractivity contribution >= 4 is 15.9 Å². The van der Waals surface area contributed by atoms with E-state index in [1.807, 2.05) is 0 Å². The number of nitrogens with one attached hydrogen (secondary N) is 1. The van der Waals surface area contributed by atoms with E-state index < -0.39 is 10.0 Å². The van der Waals surface area contributed by atoms with Gasteiger partial charge in [-0.2, -0.15) is 0 Å². The first-order chi connectivity index (χ1) is 11.4. The molecule has 138 valence electrons. The van der Waals surface area contributed by atoms with E-state index in [0.29, 0.717) is 6.54 Å². The predicted molar refractivity (Wildman–Crippen MR) is 97.2 cm³/mol. The molecule has 0 aromatic carbocycles. The summed E-state index contributed by atoms with van der Waals surface area (Å²) in [5.41, 5.74) is 1.36. The molecule has 0 aliphatic heterocycles. The van der Waals surface area contributed by atoms with Crippen molar-refractivity contribution in [1.29, 1.82) is 0 Å². The third-order valence-electron chi connectivity index (χ3n) is 5.09. The van der Waals surface area contributed by atoms with Crippen molar-refractivity contribution in [3.05, 3.63) is 11.6 Å². The van der Waals surface area contributed by atoms with Crippen LogP contribution in [0.4, 0.5) is 0 Å². The smallest absolute Gasteiger partial charge is 0.221 e. The van der Waals surface area contributed by atoms with Crippen LogP contribution in [0.15, 0.2) is 11.6 Å². The van der Waals surface area contributed by atoms with Gasteiger partial charge in [-0.1, -0.05) is 30.9 Å². The van der Waals surface area contributed by atoms with Gasteiger partial charge in [0.25, 0.3) is 0 Å². The van der Waals surface area contributed by atoms with E-state index in [0.717, 1.165) is 32.1 Å². The summed E-state index contributed by atoms with van der Waals surface area (Å²) < 4.78 is 25.4. The summed E-state index contributed by atoms with van der Waals surface area (Å²) in [7, 11) is -3.27. The van der Waals surface area contributed by atoms with Crippen molar-refractivity contribution in [3.8, 4) is 0 Å². The number of allylic oxidation sites excluding steroid dienone is 1. The van der Waals surface area contributed by atoms with Gasteiger partial charge >= 0.3 is 0 Å². The van der Waals surface area contributed by atoms with E-state index >= 15 is 0 Å². The van der Waals surface area contributed by atoms with E-state index in [9.17, 15) is 13.2 Å². The highest BCUT2D eigenvalue weighted by Gasteiger charge is 2.20. The maximum atomic E-state index is 12.1. The maximum Gasteiger partial charge on any atom is 0.221 e. The molecule has 0 saturated heterocycles. The zero-order valence-electron chi connectivity index (χ0n) is 14.9. The lowest BCUT2D eigenvalue weighted by Crippen LogP contribution is -2.39. The summed E-state index contributed by atoms with van der Waals surface area (Å²) >= 11 is 0. The maximum absolute atomic E-state index is 12.1. The van der Waals surface area contributed by atoms with Crippen LogP contribution in [-0.2, 0) is 14.8 Å². The van der Waals surface area contributed by atoms with Gasteiger partial charge in [0, 0.05) is 25.6 Å². The predicted octanol–water partition coefficient (Wildman–Crippen LogP) is 2.98. The molecule has 0 aromatic rings.